The second-order valence-corrected chi connectivity index (χ2v) is 12.4. The number of nitrogens with one attached hydrogen (secondary N) is 1. The van der Waals surface area contributed by atoms with Crippen molar-refractivity contribution in [3.8, 4) is 17.1 Å². The molecule has 0 aliphatic carbocycles. The van der Waals surface area contributed by atoms with Crippen LogP contribution in [-0.2, 0) is 22.4 Å². The highest BCUT2D eigenvalue weighted by Crippen LogP contribution is 2.39. The maximum Gasteiger partial charge on any atom is 0.242 e. The predicted molar refractivity (Wildman–Crippen MR) is 181 cm³/mol. The van der Waals surface area contributed by atoms with Crippen LogP contribution >= 0.6 is 0 Å². The number of hydrogen-bond acceptors (Lipinski definition) is 5. The summed E-state index contributed by atoms with van der Waals surface area (Å²) in [6.07, 6.45) is 4.11. The molecule has 9 nitrogen and oxygen atoms in total. The molecule has 6 aromatic rings. The van der Waals surface area contributed by atoms with Gasteiger partial charge >= 0.3 is 0 Å². The molecule has 2 aliphatic heterocycles. The fraction of sp³-hybridized carbons (Fsp3) is 0.237. The second kappa shape index (κ2) is 12.3. The Bertz CT molecular complexity index is 2050. The summed E-state index contributed by atoms with van der Waals surface area (Å²) in [7, 11) is 0. The van der Waals surface area contributed by atoms with Crippen LogP contribution < -0.4 is 4.90 Å². The van der Waals surface area contributed by atoms with E-state index in [0.717, 1.165) is 53.5 Å². The number of piperidine rings is 1. The topological polar surface area (TPSA) is 100 Å². The van der Waals surface area contributed by atoms with Gasteiger partial charge in [0.1, 0.15) is 12.5 Å². The number of fused-ring (bicyclic) bond motifs is 4. The minimum atomic E-state index is -0.717. The Kier molecular flexibility index (Phi) is 7.57. The summed E-state index contributed by atoms with van der Waals surface area (Å²) >= 11 is 0. The molecule has 0 spiro atoms. The fourth-order valence-electron chi connectivity index (χ4n) is 7.20. The van der Waals surface area contributed by atoms with Crippen molar-refractivity contribution in [2.45, 2.75) is 44.1 Å². The fourth-order valence-corrected chi connectivity index (χ4v) is 7.20. The predicted octanol–water partition coefficient (Wildman–Crippen LogP) is 6.11. The van der Waals surface area contributed by atoms with Gasteiger partial charge in [-0.3, -0.25) is 19.3 Å². The van der Waals surface area contributed by atoms with E-state index in [-0.39, 0.29) is 24.4 Å². The number of carbonyl (C=O) groups is 2. The van der Waals surface area contributed by atoms with Crippen LogP contribution in [0, 0.1) is 0 Å². The lowest BCUT2D eigenvalue weighted by molar-refractivity contribution is -0.134. The first-order valence-corrected chi connectivity index (χ1v) is 16.3. The van der Waals surface area contributed by atoms with E-state index in [1.54, 1.807) is 4.90 Å². The number of benzene rings is 4. The first-order valence-electron chi connectivity index (χ1n) is 16.3. The van der Waals surface area contributed by atoms with Crippen molar-refractivity contribution < 1.29 is 9.59 Å². The Morgan fingerprint density at radius 1 is 0.787 bits per heavy atom. The SMILES string of the molecule is O=C1C(Cc2[nH]nc3ccccc23)c2nnc(-c3ccccc3)n2-c2ccccc2N1CC(=O)N1CCCCC1Cc1ccccc1. The average molecular weight is 622 g/mol. The lowest BCUT2D eigenvalue weighted by Gasteiger charge is -2.37. The number of hydrogen-bond donors (Lipinski definition) is 1. The van der Waals surface area contributed by atoms with E-state index in [0.29, 0.717) is 30.3 Å². The van der Waals surface area contributed by atoms with Crippen molar-refractivity contribution in [3.05, 3.63) is 126 Å². The third-order valence-corrected chi connectivity index (χ3v) is 9.51. The number of anilines is 1. The molecule has 2 unspecified atom stereocenters. The summed E-state index contributed by atoms with van der Waals surface area (Å²) in [6.45, 7) is 0.632. The molecule has 4 heterocycles. The normalized spacial score (nSPS) is 17.7. The summed E-state index contributed by atoms with van der Waals surface area (Å²) in [6, 6.07) is 36.0. The van der Waals surface area contributed by atoms with Gasteiger partial charge in [-0.2, -0.15) is 5.10 Å². The average Bonchev–Trinajstić information content (AvgIpc) is 3.73. The molecule has 1 fully saturated rings. The molecule has 2 amide bonds. The molecule has 0 saturated carbocycles. The van der Waals surface area contributed by atoms with E-state index in [9.17, 15) is 9.59 Å². The third-order valence-electron chi connectivity index (χ3n) is 9.51. The highest BCUT2D eigenvalue weighted by molar-refractivity contribution is 6.05. The minimum Gasteiger partial charge on any atom is -0.338 e. The molecule has 0 radical (unpaired) electrons. The van der Waals surface area contributed by atoms with Crippen LogP contribution in [-0.4, -0.2) is 60.8 Å². The van der Waals surface area contributed by atoms with Crippen LogP contribution in [0.4, 0.5) is 5.69 Å². The van der Waals surface area contributed by atoms with Gasteiger partial charge in [-0.15, -0.1) is 10.2 Å². The van der Waals surface area contributed by atoms with Crippen molar-refractivity contribution in [1.82, 2.24) is 29.9 Å². The van der Waals surface area contributed by atoms with E-state index in [1.807, 2.05) is 107 Å². The van der Waals surface area contributed by atoms with Gasteiger partial charge in [0.05, 0.1) is 16.9 Å². The standard InChI is InChI=1S/C38H35N7O2/c46-35(43-22-12-11-17-28(43)23-26-13-3-1-4-14-26)25-44-33-20-9-10-21-34(33)45-36(27-15-5-2-6-16-27)41-42-37(45)30(38(44)47)24-32-29-18-7-8-19-31(29)39-40-32/h1-10,13-16,18-21,28,30H,11-12,17,22-25H2,(H,39,40). The number of H-pyrrole nitrogens is 1. The smallest absolute Gasteiger partial charge is 0.242 e. The van der Waals surface area contributed by atoms with Crippen molar-refractivity contribution in [1.29, 1.82) is 0 Å². The summed E-state index contributed by atoms with van der Waals surface area (Å²) in [5, 5.41) is 17.9. The molecule has 2 aliphatic rings. The number of likely N-dealkylation sites (tertiary alicyclic amines) is 1. The molecule has 8 rings (SSSR count). The number of nitrogens with zero attached hydrogens (tertiary/aromatic N) is 6. The number of aromatic nitrogens is 5. The zero-order valence-electron chi connectivity index (χ0n) is 26.0. The van der Waals surface area contributed by atoms with Crippen molar-refractivity contribution in [2.24, 2.45) is 0 Å². The molecule has 2 aromatic heterocycles. The maximum absolute atomic E-state index is 14.9. The molecule has 0 bridgehead atoms. The minimum absolute atomic E-state index is 0.0412. The van der Waals surface area contributed by atoms with Gasteiger partial charge in [0.15, 0.2) is 11.6 Å². The van der Waals surface area contributed by atoms with Gasteiger partial charge in [-0.1, -0.05) is 91.0 Å². The monoisotopic (exact) mass is 621 g/mol. The van der Waals surface area contributed by atoms with Crippen molar-refractivity contribution in [2.75, 3.05) is 18.0 Å². The molecule has 234 valence electrons. The number of rotatable bonds is 7. The molecule has 1 saturated heterocycles. The molecule has 9 heteroatoms. The molecule has 4 aromatic carbocycles. The Balaban J connectivity index is 1.21. The largest absolute Gasteiger partial charge is 0.338 e. The summed E-state index contributed by atoms with van der Waals surface area (Å²) < 4.78 is 2.00. The first kappa shape index (κ1) is 28.9. The Morgan fingerprint density at radius 2 is 1.51 bits per heavy atom. The highest BCUT2D eigenvalue weighted by atomic mass is 16.2. The van der Waals surface area contributed by atoms with E-state index in [1.165, 1.54) is 5.56 Å². The zero-order valence-corrected chi connectivity index (χ0v) is 26.0. The quantitative estimate of drug-likeness (QED) is 0.232. The lowest BCUT2D eigenvalue weighted by Crippen LogP contribution is -2.50. The molecule has 47 heavy (non-hydrogen) atoms. The van der Waals surface area contributed by atoms with Gasteiger partial charge in [-0.25, -0.2) is 0 Å². The Labute approximate surface area is 272 Å². The van der Waals surface area contributed by atoms with E-state index >= 15 is 0 Å². The number of para-hydroxylation sites is 3. The van der Waals surface area contributed by atoms with Crippen LogP contribution in [0.25, 0.3) is 28.0 Å². The molecule has 1 N–H and O–H groups in total. The van der Waals surface area contributed by atoms with Crippen molar-refractivity contribution >= 4 is 28.4 Å². The number of carbonyl (C=O) groups excluding carboxylic acids is 2. The third kappa shape index (κ3) is 5.37. The van der Waals surface area contributed by atoms with Crippen LogP contribution in [0.3, 0.4) is 0 Å². The molecule has 2 atom stereocenters. The number of aromatic amines is 1. The second-order valence-electron chi connectivity index (χ2n) is 12.4. The molecular formula is C38H35N7O2. The molecular weight excluding hydrogens is 586 g/mol. The highest BCUT2D eigenvalue weighted by Gasteiger charge is 2.40. The summed E-state index contributed by atoms with van der Waals surface area (Å²) in [5.41, 5.74) is 5.21. The van der Waals surface area contributed by atoms with Crippen LogP contribution in [0.2, 0.25) is 0 Å². The summed E-state index contributed by atoms with van der Waals surface area (Å²) in [5.74, 6) is 0.236. The maximum atomic E-state index is 14.9. The van der Waals surface area contributed by atoms with Crippen LogP contribution in [0.1, 0.15) is 42.3 Å². The van der Waals surface area contributed by atoms with Crippen molar-refractivity contribution in [3.63, 3.8) is 0 Å². The van der Waals surface area contributed by atoms with E-state index in [2.05, 4.69) is 32.5 Å². The number of amides is 2. The van der Waals surface area contributed by atoms with Crippen LogP contribution in [0.15, 0.2) is 109 Å². The van der Waals surface area contributed by atoms with Gasteiger partial charge in [-0.05, 0) is 49.4 Å². The lowest BCUT2D eigenvalue weighted by atomic mass is 9.95. The summed E-state index contributed by atoms with van der Waals surface area (Å²) in [4.78, 5) is 32.9. The van der Waals surface area contributed by atoms with Gasteiger partial charge < -0.3 is 9.80 Å². The van der Waals surface area contributed by atoms with Gasteiger partial charge in [0.25, 0.3) is 0 Å². The van der Waals surface area contributed by atoms with Crippen LogP contribution in [0.5, 0.6) is 0 Å². The van der Waals surface area contributed by atoms with E-state index in [4.69, 9.17) is 0 Å². The zero-order chi connectivity index (χ0) is 31.7. The van der Waals surface area contributed by atoms with Gasteiger partial charge in [0, 0.05) is 35.7 Å². The first-order chi connectivity index (χ1) is 23.2. The Morgan fingerprint density at radius 3 is 2.34 bits per heavy atom. The van der Waals surface area contributed by atoms with Gasteiger partial charge in [0.2, 0.25) is 11.8 Å². The van der Waals surface area contributed by atoms with E-state index < -0.39 is 5.92 Å². The Hall–Kier alpha value is -5.57.